The average molecular weight is 361 g/mol. The van der Waals surface area contributed by atoms with Crippen LogP contribution in [0.15, 0.2) is 24.5 Å². The molecule has 1 saturated heterocycles. The SMILES string of the molecule is O=C(Cc1ccncc1)NCC[C@@H]1CC[C@@H](NC(=O)C2CC2)[C@H](CO)O1. The van der Waals surface area contributed by atoms with Crippen LogP contribution in [0.2, 0.25) is 0 Å². The van der Waals surface area contributed by atoms with Gasteiger partial charge in [0.1, 0.15) is 6.10 Å². The molecule has 142 valence electrons. The Labute approximate surface area is 153 Å². The van der Waals surface area contributed by atoms with Gasteiger partial charge in [0.05, 0.1) is 25.2 Å². The molecule has 3 rings (SSSR count). The molecule has 2 fully saturated rings. The van der Waals surface area contributed by atoms with E-state index < -0.39 is 0 Å². The molecule has 0 aromatic carbocycles. The van der Waals surface area contributed by atoms with E-state index in [0.29, 0.717) is 19.4 Å². The first-order chi connectivity index (χ1) is 12.7. The molecule has 26 heavy (non-hydrogen) atoms. The predicted octanol–water partition coefficient (Wildman–Crippen LogP) is 0.565. The molecule has 7 heteroatoms. The Kier molecular flexibility index (Phi) is 6.57. The van der Waals surface area contributed by atoms with Crippen LogP contribution in [0.25, 0.3) is 0 Å². The summed E-state index contributed by atoms with van der Waals surface area (Å²) >= 11 is 0. The van der Waals surface area contributed by atoms with Gasteiger partial charge >= 0.3 is 0 Å². The van der Waals surface area contributed by atoms with Crippen LogP contribution in [0, 0.1) is 5.92 Å². The maximum Gasteiger partial charge on any atom is 0.224 e. The molecule has 1 aliphatic carbocycles. The smallest absolute Gasteiger partial charge is 0.224 e. The van der Waals surface area contributed by atoms with E-state index in [1.54, 1.807) is 12.4 Å². The lowest BCUT2D eigenvalue weighted by molar-refractivity contribution is -0.130. The number of carbonyl (C=O) groups excluding carboxylic acids is 2. The zero-order valence-corrected chi connectivity index (χ0v) is 14.9. The molecule has 3 N–H and O–H groups in total. The van der Waals surface area contributed by atoms with Gasteiger partial charge in [-0.05, 0) is 49.8 Å². The maximum absolute atomic E-state index is 12.0. The fourth-order valence-corrected chi connectivity index (χ4v) is 3.28. The number of ether oxygens (including phenoxy) is 1. The van der Waals surface area contributed by atoms with Gasteiger partial charge in [0.2, 0.25) is 11.8 Å². The van der Waals surface area contributed by atoms with Crippen molar-refractivity contribution < 1.29 is 19.4 Å². The van der Waals surface area contributed by atoms with Crippen LogP contribution < -0.4 is 10.6 Å². The van der Waals surface area contributed by atoms with Gasteiger partial charge in [-0.1, -0.05) is 0 Å². The van der Waals surface area contributed by atoms with E-state index in [1.165, 1.54) is 0 Å². The highest BCUT2D eigenvalue weighted by molar-refractivity contribution is 5.81. The number of aliphatic hydroxyl groups excluding tert-OH is 1. The Hall–Kier alpha value is -1.99. The number of hydrogen-bond acceptors (Lipinski definition) is 5. The van der Waals surface area contributed by atoms with Crippen molar-refractivity contribution in [2.24, 2.45) is 5.92 Å². The fraction of sp³-hybridized carbons (Fsp3) is 0.632. The first kappa shape index (κ1) is 18.8. The van der Waals surface area contributed by atoms with E-state index in [9.17, 15) is 14.7 Å². The standard InChI is InChI=1S/C19H27N3O4/c23-12-17-16(22-19(25)14-1-2-14)4-3-15(26-17)7-10-21-18(24)11-13-5-8-20-9-6-13/h5-6,8-9,14-17,23H,1-4,7,10-12H2,(H,21,24)(H,22,25)/t15-,16+,17-/m0/s1. The van der Waals surface area contributed by atoms with Crippen molar-refractivity contribution in [3.63, 3.8) is 0 Å². The van der Waals surface area contributed by atoms with Gasteiger partial charge in [-0.15, -0.1) is 0 Å². The van der Waals surface area contributed by atoms with Crippen molar-refractivity contribution in [3.05, 3.63) is 30.1 Å². The van der Waals surface area contributed by atoms with Crippen molar-refractivity contribution in [1.82, 2.24) is 15.6 Å². The minimum atomic E-state index is -0.371. The Morgan fingerprint density at radius 3 is 2.65 bits per heavy atom. The second-order valence-electron chi connectivity index (χ2n) is 7.12. The van der Waals surface area contributed by atoms with E-state index in [2.05, 4.69) is 15.6 Å². The van der Waals surface area contributed by atoms with Gasteiger partial charge in [-0.3, -0.25) is 14.6 Å². The largest absolute Gasteiger partial charge is 0.394 e. The van der Waals surface area contributed by atoms with Gasteiger partial charge in [-0.25, -0.2) is 0 Å². The highest BCUT2D eigenvalue weighted by atomic mass is 16.5. The summed E-state index contributed by atoms with van der Waals surface area (Å²) in [6, 6.07) is 3.53. The van der Waals surface area contributed by atoms with Crippen molar-refractivity contribution >= 4 is 11.8 Å². The zero-order valence-electron chi connectivity index (χ0n) is 14.9. The van der Waals surface area contributed by atoms with Gasteiger partial charge in [0.25, 0.3) is 0 Å². The topological polar surface area (TPSA) is 101 Å². The van der Waals surface area contributed by atoms with Gasteiger partial charge in [0, 0.05) is 24.9 Å². The summed E-state index contributed by atoms with van der Waals surface area (Å²) in [5, 5.41) is 15.5. The molecule has 1 saturated carbocycles. The summed E-state index contributed by atoms with van der Waals surface area (Å²) in [7, 11) is 0. The van der Waals surface area contributed by atoms with E-state index in [1.807, 2.05) is 12.1 Å². The molecule has 0 radical (unpaired) electrons. The molecule has 1 aromatic rings. The molecule has 0 spiro atoms. The van der Waals surface area contributed by atoms with E-state index in [4.69, 9.17) is 4.74 Å². The number of aromatic nitrogens is 1. The van der Waals surface area contributed by atoms with E-state index in [0.717, 1.165) is 31.2 Å². The van der Waals surface area contributed by atoms with Gasteiger partial charge in [0.15, 0.2) is 0 Å². The quantitative estimate of drug-likeness (QED) is 0.628. The lowest BCUT2D eigenvalue weighted by Gasteiger charge is -2.36. The third kappa shape index (κ3) is 5.51. The average Bonchev–Trinajstić information content (AvgIpc) is 3.49. The Balaban J connectivity index is 1.36. The van der Waals surface area contributed by atoms with Crippen LogP contribution in [-0.2, 0) is 20.7 Å². The summed E-state index contributed by atoms with van der Waals surface area (Å²) in [5.41, 5.74) is 0.931. The van der Waals surface area contributed by atoms with Crippen molar-refractivity contribution in [1.29, 1.82) is 0 Å². The summed E-state index contributed by atoms with van der Waals surface area (Å²) < 4.78 is 5.93. The second kappa shape index (κ2) is 9.09. The first-order valence-electron chi connectivity index (χ1n) is 9.38. The number of carbonyl (C=O) groups is 2. The van der Waals surface area contributed by atoms with E-state index in [-0.39, 0.29) is 42.6 Å². The lowest BCUT2D eigenvalue weighted by atomic mass is 9.97. The second-order valence-corrected chi connectivity index (χ2v) is 7.12. The number of hydrogen-bond donors (Lipinski definition) is 3. The number of nitrogens with zero attached hydrogens (tertiary/aromatic N) is 1. The molecule has 3 atom stereocenters. The third-order valence-corrected chi connectivity index (χ3v) is 4.97. The maximum atomic E-state index is 12.0. The molecule has 0 bridgehead atoms. The minimum absolute atomic E-state index is 0.0116. The Bertz CT molecular complexity index is 606. The molecular weight excluding hydrogens is 334 g/mol. The number of amides is 2. The van der Waals surface area contributed by atoms with Crippen LogP contribution >= 0.6 is 0 Å². The fourth-order valence-electron chi connectivity index (χ4n) is 3.28. The number of nitrogens with one attached hydrogen (secondary N) is 2. The molecular formula is C19H27N3O4. The van der Waals surface area contributed by atoms with Gasteiger partial charge in [-0.2, -0.15) is 0 Å². The highest BCUT2D eigenvalue weighted by Gasteiger charge is 2.36. The first-order valence-corrected chi connectivity index (χ1v) is 9.38. The molecule has 2 amide bonds. The summed E-state index contributed by atoms with van der Waals surface area (Å²) in [6.07, 6.45) is 7.52. The van der Waals surface area contributed by atoms with Crippen LogP contribution in [-0.4, -0.2) is 53.3 Å². The van der Waals surface area contributed by atoms with Crippen LogP contribution in [0.1, 0.15) is 37.7 Å². The summed E-state index contributed by atoms with van der Waals surface area (Å²) in [5.74, 6) is 0.210. The third-order valence-electron chi connectivity index (χ3n) is 4.97. The van der Waals surface area contributed by atoms with Gasteiger partial charge < -0.3 is 20.5 Å². The zero-order chi connectivity index (χ0) is 18.4. The summed E-state index contributed by atoms with van der Waals surface area (Å²) in [4.78, 5) is 27.8. The lowest BCUT2D eigenvalue weighted by Crippen LogP contribution is -2.51. The molecule has 2 aliphatic rings. The number of aliphatic hydroxyl groups is 1. The highest BCUT2D eigenvalue weighted by Crippen LogP contribution is 2.30. The normalized spacial score (nSPS) is 25.5. The van der Waals surface area contributed by atoms with Crippen LogP contribution in [0.5, 0.6) is 0 Å². The predicted molar refractivity (Wildman–Crippen MR) is 95.2 cm³/mol. The molecule has 1 aromatic heterocycles. The monoisotopic (exact) mass is 361 g/mol. The Morgan fingerprint density at radius 2 is 1.96 bits per heavy atom. The van der Waals surface area contributed by atoms with Crippen molar-refractivity contribution in [2.45, 2.75) is 56.8 Å². The van der Waals surface area contributed by atoms with Crippen molar-refractivity contribution in [2.75, 3.05) is 13.2 Å². The van der Waals surface area contributed by atoms with Crippen LogP contribution in [0.3, 0.4) is 0 Å². The number of rotatable bonds is 8. The van der Waals surface area contributed by atoms with E-state index >= 15 is 0 Å². The van der Waals surface area contributed by atoms with Crippen LogP contribution in [0.4, 0.5) is 0 Å². The molecule has 1 aliphatic heterocycles. The molecule has 2 heterocycles. The molecule has 0 unspecified atom stereocenters. The summed E-state index contributed by atoms with van der Waals surface area (Å²) in [6.45, 7) is 0.423. The molecule has 7 nitrogen and oxygen atoms in total. The van der Waals surface area contributed by atoms with Crippen molar-refractivity contribution in [3.8, 4) is 0 Å². The Morgan fingerprint density at radius 1 is 1.19 bits per heavy atom. The minimum Gasteiger partial charge on any atom is -0.394 e. The number of pyridine rings is 1.